The lowest BCUT2D eigenvalue weighted by atomic mass is 10.0. The average Bonchev–Trinajstić information content (AvgIpc) is 3.03. The van der Waals surface area contributed by atoms with E-state index in [2.05, 4.69) is 25.8 Å². The molecule has 1 unspecified atom stereocenters. The minimum Gasteiger partial charge on any atom is -0.348 e. The first-order chi connectivity index (χ1) is 11.7. The van der Waals surface area contributed by atoms with Gasteiger partial charge in [-0.15, -0.1) is 0 Å². The third-order valence-electron chi connectivity index (χ3n) is 4.30. The molecular formula is C18H23N5O. The number of hydrogen-bond acceptors (Lipinski definition) is 4. The van der Waals surface area contributed by atoms with Crippen LogP contribution in [0.3, 0.4) is 0 Å². The number of carbonyl (C=O) groups excluding carboxylic acids is 1. The Balaban J connectivity index is 1.85. The van der Waals surface area contributed by atoms with Gasteiger partial charge in [0.05, 0.1) is 11.2 Å². The molecule has 1 fully saturated rings. The number of aromatic amines is 1. The highest BCUT2D eigenvalue weighted by Gasteiger charge is 2.17. The summed E-state index contributed by atoms with van der Waals surface area (Å²) in [6, 6.07) is 5.84. The molecule has 1 aliphatic rings. The van der Waals surface area contributed by atoms with Gasteiger partial charge in [0.15, 0.2) is 0 Å². The standard InChI is InChI=1S/C18H23N5O/c1-12(7-9-19-2)17-15-10-13(5-6-16(15)22-23-17)18(24)21-14-4-3-8-20-11-14/h5-7,9-10,14,20H,3-4,8,11H2,1-2H3,(H,21,24)(H,22,23)/b12-7+,19-9?. The first kappa shape index (κ1) is 16.4. The van der Waals surface area contributed by atoms with Crippen LogP contribution in [0.5, 0.6) is 0 Å². The molecule has 1 aromatic heterocycles. The fourth-order valence-electron chi connectivity index (χ4n) is 2.96. The summed E-state index contributed by atoms with van der Waals surface area (Å²) in [5.41, 5.74) is 3.43. The van der Waals surface area contributed by atoms with Gasteiger partial charge in [-0.3, -0.25) is 14.9 Å². The number of aliphatic imine (C=N–C) groups is 1. The summed E-state index contributed by atoms with van der Waals surface area (Å²) in [5, 5.41) is 14.7. The van der Waals surface area contributed by atoms with Crippen LogP contribution in [0.1, 0.15) is 35.8 Å². The van der Waals surface area contributed by atoms with Crippen molar-refractivity contribution in [1.82, 2.24) is 20.8 Å². The van der Waals surface area contributed by atoms with Gasteiger partial charge in [0.2, 0.25) is 0 Å². The third kappa shape index (κ3) is 3.54. The van der Waals surface area contributed by atoms with Gasteiger partial charge in [-0.1, -0.05) is 0 Å². The van der Waals surface area contributed by atoms with Gasteiger partial charge in [-0.05, 0) is 56.2 Å². The summed E-state index contributed by atoms with van der Waals surface area (Å²) in [6.07, 6.45) is 5.77. The second kappa shape index (κ2) is 7.40. The van der Waals surface area contributed by atoms with Crippen molar-refractivity contribution in [2.75, 3.05) is 20.1 Å². The Bertz CT molecular complexity index is 784. The highest BCUT2D eigenvalue weighted by Crippen LogP contribution is 2.23. The van der Waals surface area contributed by atoms with E-state index >= 15 is 0 Å². The number of amides is 1. The Morgan fingerprint density at radius 2 is 2.33 bits per heavy atom. The minimum absolute atomic E-state index is 0.0329. The Labute approximate surface area is 141 Å². The number of H-pyrrole nitrogens is 1. The van der Waals surface area contributed by atoms with Gasteiger partial charge in [0.1, 0.15) is 0 Å². The van der Waals surface area contributed by atoms with E-state index in [1.165, 1.54) is 0 Å². The van der Waals surface area contributed by atoms with E-state index < -0.39 is 0 Å². The van der Waals surface area contributed by atoms with E-state index in [0.717, 1.165) is 48.1 Å². The Kier molecular flexibility index (Phi) is 5.05. The van der Waals surface area contributed by atoms with E-state index in [4.69, 9.17) is 0 Å². The van der Waals surface area contributed by atoms with Gasteiger partial charge >= 0.3 is 0 Å². The number of nitrogens with zero attached hydrogens (tertiary/aromatic N) is 2. The van der Waals surface area contributed by atoms with Crippen LogP contribution in [0.15, 0.2) is 29.3 Å². The van der Waals surface area contributed by atoms with Crippen LogP contribution in [0.25, 0.3) is 16.5 Å². The quantitative estimate of drug-likeness (QED) is 0.753. The molecular weight excluding hydrogens is 302 g/mol. The molecule has 0 aliphatic carbocycles. The summed E-state index contributed by atoms with van der Waals surface area (Å²) < 4.78 is 0. The number of fused-ring (bicyclic) bond motifs is 1. The van der Waals surface area contributed by atoms with Crippen molar-refractivity contribution in [3.05, 3.63) is 35.5 Å². The van der Waals surface area contributed by atoms with Gasteiger partial charge in [0, 0.05) is 36.8 Å². The highest BCUT2D eigenvalue weighted by molar-refractivity contribution is 6.01. The number of allylic oxidation sites excluding steroid dienone is 2. The number of rotatable bonds is 4. The fraction of sp³-hybridized carbons (Fsp3) is 0.389. The SMILES string of the molecule is CN=C/C=C(\C)c1n[nH]c2ccc(C(=O)NC3CCCNC3)cc12. The predicted octanol–water partition coefficient (Wildman–Crippen LogP) is 2.15. The zero-order chi connectivity index (χ0) is 16.9. The van der Waals surface area contributed by atoms with Crippen LogP contribution in [-0.2, 0) is 0 Å². The second-order valence-electron chi connectivity index (χ2n) is 6.11. The molecule has 0 radical (unpaired) electrons. The van der Waals surface area contributed by atoms with Crippen LogP contribution >= 0.6 is 0 Å². The van der Waals surface area contributed by atoms with E-state index in [1.54, 1.807) is 13.3 Å². The molecule has 1 saturated heterocycles. The van der Waals surface area contributed by atoms with Crippen LogP contribution in [0.4, 0.5) is 0 Å². The Hall–Kier alpha value is -2.47. The summed E-state index contributed by atoms with van der Waals surface area (Å²) in [7, 11) is 1.73. The maximum atomic E-state index is 12.5. The van der Waals surface area contributed by atoms with Crippen molar-refractivity contribution in [3.8, 4) is 0 Å². The first-order valence-electron chi connectivity index (χ1n) is 8.28. The van der Waals surface area contributed by atoms with Gasteiger partial charge in [-0.25, -0.2) is 0 Å². The van der Waals surface area contributed by atoms with Crippen molar-refractivity contribution < 1.29 is 4.79 Å². The topological polar surface area (TPSA) is 82.2 Å². The van der Waals surface area contributed by atoms with Crippen molar-refractivity contribution in [2.45, 2.75) is 25.8 Å². The predicted molar refractivity (Wildman–Crippen MR) is 97.5 cm³/mol. The van der Waals surface area contributed by atoms with E-state index in [1.807, 2.05) is 31.2 Å². The lowest BCUT2D eigenvalue weighted by molar-refractivity contribution is 0.0931. The van der Waals surface area contributed by atoms with Crippen LogP contribution in [0.2, 0.25) is 0 Å². The molecule has 0 spiro atoms. The highest BCUT2D eigenvalue weighted by atomic mass is 16.1. The zero-order valence-electron chi connectivity index (χ0n) is 14.1. The summed E-state index contributed by atoms with van der Waals surface area (Å²) >= 11 is 0. The van der Waals surface area contributed by atoms with Crippen LogP contribution in [-0.4, -0.2) is 48.5 Å². The maximum absolute atomic E-state index is 12.5. The molecule has 1 atom stereocenters. The summed E-state index contributed by atoms with van der Waals surface area (Å²) in [6.45, 7) is 3.85. The molecule has 2 aromatic rings. The lowest BCUT2D eigenvalue weighted by Crippen LogP contribution is -2.45. The molecule has 24 heavy (non-hydrogen) atoms. The number of piperidine rings is 1. The molecule has 6 heteroatoms. The molecule has 2 heterocycles. The second-order valence-corrected chi connectivity index (χ2v) is 6.11. The Morgan fingerprint density at radius 3 is 3.08 bits per heavy atom. The largest absolute Gasteiger partial charge is 0.348 e. The maximum Gasteiger partial charge on any atom is 0.251 e. The zero-order valence-corrected chi connectivity index (χ0v) is 14.1. The average molecular weight is 325 g/mol. The number of aromatic nitrogens is 2. The Morgan fingerprint density at radius 1 is 1.46 bits per heavy atom. The number of nitrogens with one attached hydrogen (secondary N) is 3. The smallest absolute Gasteiger partial charge is 0.251 e. The molecule has 1 aromatic carbocycles. The van der Waals surface area contributed by atoms with Crippen LogP contribution in [0, 0.1) is 0 Å². The molecule has 0 bridgehead atoms. The molecule has 3 rings (SSSR count). The molecule has 126 valence electrons. The minimum atomic E-state index is -0.0329. The van der Waals surface area contributed by atoms with E-state index in [-0.39, 0.29) is 11.9 Å². The van der Waals surface area contributed by atoms with Gasteiger partial charge < -0.3 is 10.6 Å². The molecule has 3 N–H and O–H groups in total. The van der Waals surface area contributed by atoms with Crippen molar-refractivity contribution >= 4 is 28.6 Å². The van der Waals surface area contributed by atoms with Crippen LogP contribution < -0.4 is 10.6 Å². The monoisotopic (exact) mass is 325 g/mol. The summed E-state index contributed by atoms with van der Waals surface area (Å²) in [4.78, 5) is 16.5. The lowest BCUT2D eigenvalue weighted by Gasteiger charge is -2.23. The number of carbonyl (C=O) groups is 1. The van der Waals surface area contributed by atoms with Crippen molar-refractivity contribution in [2.24, 2.45) is 4.99 Å². The molecule has 1 amide bonds. The molecule has 1 aliphatic heterocycles. The fourth-order valence-corrected chi connectivity index (χ4v) is 2.96. The normalized spacial score (nSPS) is 19.1. The third-order valence-corrected chi connectivity index (χ3v) is 4.30. The van der Waals surface area contributed by atoms with E-state index in [9.17, 15) is 4.79 Å². The number of benzene rings is 1. The van der Waals surface area contributed by atoms with Gasteiger partial charge in [-0.2, -0.15) is 5.10 Å². The summed E-state index contributed by atoms with van der Waals surface area (Å²) in [5.74, 6) is -0.0329. The molecule has 6 nitrogen and oxygen atoms in total. The number of hydrogen-bond donors (Lipinski definition) is 3. The molecule has 0 saturated carbocycles. The van der Waals surface area contributed by atoms with Crippen molar-refractivity contribution in [3.63, 3.8) is 0 Å². The van der Waals surface area contributed by atoms with Gasteiger partial charge in [0.25, 0.3) is 5.91 Å². The first-order valence-corrected chi connectivity index (χ1v) is 8.28. The van der Waals surface area contributed by atoms with Crippen molar-refractivity contribution in [1.29, 1.82) is 0 Å². The van der Waals surface area contributed by atoms with E-state index in [0.29, 0.717) is 5.56 Å².